The number of halogens is 3. The second-order valence-corrected chi connectivity index (χ2v) is 5.87. The van der Waals surface area contributed by atoms with Crippen LogP contribution in [0.2, 0.25) is 0 Å². The van der Waals surface area contributed by atoms with Crippen molar-refractivity contribution in [2.24, 2.45) is 0 Å². The van der Waals surface area contributed by atoms with Crippen molar-refractivity contribution in [1.82, 2.24) is 19.1 Å². The molecule has 0 saturated heterocycles. The van der Waals surface area contributed by atoms with E-state index in [1.165, 1.54) is 21.2 Å². The van der Waals surface area contributed by atoms with Crippen LogP contribution in [0.1, 0.15) is 11.1 Å². The lowest BCUT2D eigenvalue weighted by atomic mass is 10.1. The predicted octanol–water partition coefficient (Wildman–Crippen LogP) is 2.65. The van der Waals surface area contributed by atoms with Crippen molar-refractivity contribution in [1.29, 1.82) is 0 Å². The third kappa shape index (κ3) is 3.90. The minimum atomic E-state index is -4.32. The molecule has 0 aliphatic heterocycles. The summed E-state index contributed by atoms with van der Waals surface area (Å²) in [4.78, 5) is 14.1. The minimum absolute atomic E-state index is 0.210. The van der Waals surface area contributed by atoms with Gasteiger partial charge in [0.25, 0.3) is 0 Å². The molecule has 0 unspecified atom stereocenters. The first-order chi connectivity index (χ1) is 11.8. The third-order valence-corrected chi connectivity index (χ3v) is 3.92. The van der Waals surface area contributed by atoms with Crippen molar-refractivity contribution in [3.05, 3.63) is 70.3 Å². The molecule has 0 amide bonds. The third-order valence-electron chi connectivity index (χ3n) is 3.92. The highest BCUT2D eigenvalue weighted by molar-refractivity contribution is 5.35. The molecule has 0 aliphatic carbocycles. The monoisotopic (exact) mass is 350 g/mol. The largest absolute Gasteiger partial charge is 0.416 e. The number of nitrogens with zero attached hydrogens (tertiary/aromatic N) is 4. The van der Waals surface area contributed by atoms with Crippen LogP contribution in [0.25, 0.3) is 5.65 Å². The van der Waals surface area contributed by atoms with E-state index in [-0.39, 0.29) is 5.69 Å². The number of benzene rings is 1. The Balaban J connectivity index is 1.61. The van der Waals surface area contributed by atoms with Crippen LogP contribution in [-0.4, -0.2) is 32.7 Å². The fourth-order valence-corrected chi connectivity index (χ4v) is 2.57. The average Bonchev–Trinajstić information content (AvgIpc) is 2.89. The molecule has 2 aromatic heterocycles. The molecule has 25 heavy (non-hydrogen) atoms. The quantitative estimate of drug-likeness (QED) is 0.710. The first-order valence-electron chi connectivity index (χ1n) is 7.73. The number of alkyl halides is 3. The normalized spacial score (nSPS) is 12.2. The van der Waals surface area contributed by atoms with Gasteiger partial charge in [-0.1, -0.05) is 18.2 Å². The molecule has 3 rings (SSSR count). The van der Waals surface area contributed by atoms with E-state index in [1.807, 2.05) is 18.0 Å². The van der Waals surface area contributed by atoms with Gasteiger partial charge < -0.3 is 4.90 Å². The van der Waals surface area contributed by atoms with Gasteiger partial charge in [0, 0.05) is 19.3 Å². The number of likely N-dealkylation sites (N-methyl/N-ethyl adjacent to an activating group) is 1. The smallest absolute Gasteiger partial charge is 0.300 e. The lowest BCUT2D eigenvalue weighted by Crippen LogP contribution is -2.28. The molecule has 0 bridgehead atoms. The van der Waals surface area contributed by atoms with Gasteiger partial charge >= 0.3 is 11.9 Å². The zero-order valence-electron chi connectivity index (χ0n) is 13.6. The number of aromatic nitrogens is 3. The van der Waals surface area contributed by atoms with E-state index in [2.05, 4.69) is 5.10 Å². The molecule has 0 radical (unpaired) electrons. The first kappa shape index (κ1) is 17.2. The summed E-state index contributed by atoms with van der Waals surface area (Å²) in [6.07, 6.45) is -2.66. The van der Waals surface area contributed by atoms with E-state index in [1.54, 1.807) is 18.3 Å². The van der Waals surface area contributed by atoms with E-state index in [4.69, 9.17) is 0 Å². The van der Waals surface area contributed by atoms with Gasteiger partial charge in [-0.15, -0.1) is 5.10 Å². The maximum Gasteiger partial charge on any atom is 0.416 e. The van der Waals surface area contributed by atoms with Crippen LogP contribution in [0.3, 0.4) is 0 Å². The standard InChI is InChI=1S/C17H17F3N4O/c1-22(12-13-5-7-14(8-6-13)17(18,19)20)10-11-24-16(25)23-9-3-2-4-15(23)21-24/h2-9H,10-12H2,1H3. The molecular formula is C17H17F3N4O. The molecule has 0 aliphatic rings. The summed E-state index contributed by atoms with van der Waals surface area (Å²) >= 11 is 0. The molecular weight excluding hydrogens is 333 g/mol. The average molecular weight is 350 g/mol. The fraction of sp³-hybridized carbons (Fsp3) is 0.294. The van der Waals surface area contributed by atoms with Gasteiger partial charge in [-0.05, 0) is 36.9 Å². The lowest BCUT2D eigenvalue weighted by Gasteiger charge is -2.16. The van der Waals surface area contributed by atoms with E-state index in [0.717, 1.165) is 17.7 Å². The molecule has 132 valence electrons. The van der Waals surface area contributed by atoms with Gasteiger partial charge in [-0.2, -0.15) is 13.2 Å². The Morgan fingerprint density at radius 2 is 1.84 bits per heavy atom. The Kier molecular flexibility index (Phi) is 4.63. The van der Waals surface area contributed by atoms with Crippen molar-refractivity contribution in [3.63, 3.8) is 0 Å². The maximum atomic E-state index is 12.6. The molecule has 0 spiro atoms. The molecule has 0 atom stereocenters. The van der Waals surface area contributed by atoms with Crippen molar-refractivity contribution in [3.8, 4) is 0 Å². The van der Waals surface area contributed by atoms with Gasteiger partial charge in [0.15, 0.2) is 5.65 Å². The van der Waals surface area contributed by atoms with E-state index < -0.39 is 11.7 Å². The summed E-state index contributed by atoms with van der Waals surface area (Å²) in [5, 5.41) is 4.25. The first-order valence-corrected chi connectivity index (χ1v) is 7.73. The molecule has 0 saturated carbocycles. The Bertz CT molecular complexity index is 912. The van der Waals surface area contributed by atoms with Crippen molar-refractivity contribution < 1.29 is 13.2 Å². The molecule has 1 aromatic carbocycles. The highest BCUT2D eigenvalue weighted by Gasteiger charge is 2.29. The summed E-state index contributed by atoms with van der Waals surface area (Å²) < 4.78 is 40.5. The number of hydrogen-bond donors (Lipinski definition) is 0. The number of rotatable bonds is 5. The zero-order valence-corrected chi connectivity index (χ0v) is 13.6. The molecule has 0 N–H and O–H groups in total. The minimum Gasteiger partial charge on any atom is -0.300 e. The maximum absolute atomic E-state index is 12.6. The van der Waals surface area contributed by atoms with Crippen LogP contribution in [0, 0.1) is 0 Å². The van der Waals surface area contributed by atoms with Crippen molar-refractivity contribution >= 4 is 5.65 Å². The van der Waals surface area contributed by atoms with Crippen LogP contribution < -0.4 is 5.69 Å². The van der Waals surface area contributed by atoms with Gasteiger partial charge in [0.05, 0.1) is 12.1 Å². The van der Waals surface area contributed by atoms with Crippen LogP contribution in [-0.2, 0) is 19.3 Å². The Morgan fingerprint density at radius 3 is 2.48 bits per heavy atom. The molecule has 3 aromatic rings. The number of pyridine rings is 1. The van der Waals surface area contributed by atoms with Gasteiger partial charge in [-0.25, -0.2) is 9.48 Å². The summed E-state index contributed by atoms with van der Waals surface area (Å²) in [5.74, 6) is 0. The van der Waals surface area contributed by atoms with Gasteiger partial charge in [-0.3, -0.25) is 4.40 Å². The van der Waals surface area contributed by atoms with Crippen molar-refractivity contribution in [2.75, 3.05) is 13.6 Å². The Labute approximate surface area is 141 Å². The van der Waals surface area contributed by atoms with E-state index >= 15 is 0 Å². The SMILES string of the molecule is CN(CCn1nc2ccccn2c1=O)Cc1ccc(C(F)(F)F)cc1. The van der Waals surface area contributed by atoms with E-state index in [0.29, 0.717) is 25.3 Å². The highest BCUT2D eigenvalue weighted by atomic mass is 19.4. The number of hydrogen-bond acceptors (Lipinski definition) is 3. The molecule has 5 nitrogen and oxygen atoms in total. The van der Waals surface area contributed by atoms with Gasteiger partial charge in [0.1, 0.15) is 0 Å². The number of fused-ring (bicyclic) bond motifs is 1. The van der Waals surface area contributed by atoms with Crippen LogP contribution in [0.15, 0.2) is 53.5 Å². The Hall–Kier alpha value is -2.61. The van der Waals surface area contributed by atoms with Crippen LogP contribution in [0.5, 0.6) is 0 Å². The highest BCUT2D eigenvalue weighted by Crippen LogP contribution is 2.29. The zero-order chi connectivity index (χ0) is 18.0. The summed E-state index contributed by atoms with van der Waals surface area (Å²) in [6.45, 7) is 1.43. The molecule has 8 heteroatoms. The summed E-state index contributed by atoms with van der Waals surface area (Å²) in [7, 11) is 1.85. The second-order valence-electron chi connectivity index (χ2n) is 5.87. The predicted molar refractivity (Wildman–Crippen MR) is 87.2 cm³/mol. The van der Waals surface area contributed by atoms with E-state index in [9.17, 15) is 18.0 Å². The van der Waals surface area contributed by atoms with Crippen molar-refractivity contribution in [2.45, 2.75) is 19.3 Å². The fourth-order valence-electron chi connectivity index (χ4n) is 2.57. The Morgan fingerprint density at radius 1 is 1.12 bits per heavy atom. The lowest BCUT2D eigenvalue weighted by molar-refractivity contribution is -0.137. The van der Waals surface area contributed by atoms with Gasteiger partial charge in [0.2, 0.25) is 0 Å². The van der Waals surface area contributed by atoms with Crippen LogP contribution >= 0.6 is 0 Å². The second kappa shape index (κ2) is 6.72. The summed E-state index contributed by atoms with van der Waals surface area (Å²) in [6, 6.07) is 10.4. The molecule has 2 heterocycles. The molecule has 0 fully saturated rings. The van der Waals surface area contributed by atoms with Crippen LogP contribution in [0.4, 0.5) is 13.2 Å². The topological polar surface area (TPSA) is 42.5 Å². The summed E-state index contributed by atoms with van der Waals surface area (Å²) in [5.41, 5.74) is 0.490.